The zero-order valence-electron chi connectivity index (χ0n) is 11.0. The predicted octanol–water partition coefficient (Wildman–Crippen LogP) is 0.294. The minimum absolute atomic E-state index is 0.0779. The Morgan fingerprint density at radius 2 is 2.00 bits per heavy atom. The van der Waals surface area contributed by atoms with E-state index in [1.807, 2.05) is 0 Å². The molecule has 0 aliphatic carbocycles. The van der Waals surface area contributed by atoms with Crippen LogP contribution in [-0.2, 0) is 21.4 Å². The number of hydrogen-bond acceptors (Lipinski definition) is 4. The fraction of sp³-hybridized carbons (Fsp3) is 0.417. The van der Waals surface area contributed by atoms with Gasteiger partial charge in [-0.15, -0.1) is 0 Å². The van der Waals surface area contributed by atoms with E-state index in [-0.39, 0.29) is 13.1 Å². The van der Waals surface area contributed by atoms with Gasteiger partial charge >= 0.3 is 0 Å². The molecule has 0 radical (unpaired) electrons. The van der Waals surface area contributed by atoms with Gasteiger partial charge in [-0.25, -0.2) is 8.42 Å². The molecule has 0 saturated heterocycles. The van der Waals surface area contributed by atoms with E-state index in [4.69, 9.17) is 11.5 Å². The number of primary amides is 1. The van der Waals surface area contributed by atoms with Gasteiger partial charge in [-0.2, -0.15) is 4.31 Å². The van der Waals surface area contributed by atoms with Crippen molar-refractivity contribution in [1.29, 1.82) is 0 Å². The highest BCUT2D eigenvalue weighted by Crippen LogP contribution is 2.15. The second-order valence-corrected chi connectivity index (χ2v) is 7.06. The van der Waals surface area contributed by atoms with Gasteiger partial charge in [0, 0.05) is 12.2 Å². The number of amides is 1. The van der Waals surface area contributed by atoms with Crippen LogP contribution in [0, 0.1) is 0 Å². The molecule has 0 bridgehead atoms. The quantitative estimate of drug-likeness (QED) is 0.733. The van der Waals surface area contributed by atoms with Gasteiger partial charge in [0.15, 0.2) is 0 Å². The Kier molecular flexibility index (Phi) is 4.90. The van der Waals surface area contributed by atoms with Crippen molar-refractivity contribution in [2.45, 2.75) is 25.6 Å². The highest BCUT2D eigenvalue weighted by atomic mass is 32.2. The fourth-order valence-corrected chi connectivity index (χ4v) is 2.84. The first kappa shape index (κ1) is 15.5. The Morgan fingerprint density at radius 3 is 2.47 bits per heavy atom. The summed E-state index contributed by atoms with van der Waals surface area (Å²) >= 11 is 0. The lowest BCUT2D eigenvalue weighted by Crippen LogP contribution is -2.41. The van der Waals surface area contributed by atoms with Gasteiger partial charge in [0.05, 0.1) is 11.8 Å². The van der Waals surface area contributed by atoms with Crippen molar-refractivity contribution in [2.75, 3.05) is 12.3 Å². The Morgan fingerprint density at radius 1 is 1.37 bits per heavy atom. The zero-order valence-corrected chi connectivity index (χ0v) is 11.9. The Bertz CT molecular complexity index is 555. The molecule has 1 rings (SSSR count). The maximum Gasteiger partial charge on any atom is 0.232 e. The second kappa shape index (κ2) is 6.03. The van der Waals surface area contributed by atoms with E-state index in [1.54, 1.807) is 38.1 Å². The molecular weight excluding hydrogens is 266 g/mol. The third-order valence-electron chi connectivity index (χ3n) is 2.60. The van der Waals surface area contributed by atoms with Crippen LogP contribution in [0.1, 0.15) is 19.4 Å². The first-order valence-corrected chi connectivity index (χ1v) is 7.35. The van der Waals surface area contributed by atoms with Gasteiger partial charge in [-0.1, -0.05) is 12.1 Å². The average molecular weight is 285 g/mol. The van der Waals surface area contributed by atoms with Crippen LogP contribution in [0.2, 0.25) is 0 Å². The molecule has 0 fully saturated rings. The lowest BCUT2D eigenvalue weighted by atomic mass is 10.2. The molecule has 0 saturated carbocycles. The number of carbonyl (C=O) groups excluding carboxylic acids is 1. The van der Waals surface area contributed by atoms with Gasteiger partial charge in [0.25, 0.3) is 0 Å². The molecule has 7 heteroatoms. The molecule has 19 heavy (non-hydrogen) atoms. The number of nitrogens with zero attached hydrogens (tertiary/aromatic N) is 1. The Balaban J connectivity index is 3.02. The molecule has 0 spiro atoms. The SMILES string of the molecule is CC(C)S(=O)(=O)N(CC(N)=O)Cc1cccc(N)c1. The minimum Gasteiger partial charge on any atom is -0.399 e. The van der Waals surface area contributed by atoms with Crippen LogP contribution in [0.25, 0.3) is 0 Å². The fourth-order valence-electron chi connectivity index (χ4n) is 1.60. The molecule has 1 amide bonds. The maximum absolute atomic E-state index is 12.1. The van der Waals surface area contributed by atoms with Gasteiger partial charge in [-0.05, 0) is 31.5 Å². The number of anilines is 1. The summed E-state index contributed by atoms with van der Waals surface area (Å²) in [7, 11) is -3.55. The zero-order chi connectivity index (χ0) is 14.6. The summed E-state index contributed by atoms with van der Waals surface area (Å²) < 4.78 is 25.4. The van der Waals surface area contributed by atoms with Crippen molar-refractivity contribution in [2.24, 2.45) is 5.73 Å². The molecule has 1 aromatic carbocycles. The normalized spacial score (nSPS) is 12.0. The molecule has 0 aromatic heterocycles. The van der Waals surface area contributed by atoms with Gasteiger partial charge in [-0.3, -0.25) is 4.79 Å². The first-order valence-electron chi connectivity index (χ1n) is 5.85. The van der Waals surface area contributed by atoms with Crippen molar-refractivity contribution in [3.63, 3.8) is 0 Å². The standard InChI is InChI=1S/C12H19N3O3S/c1-9(2)19(17,18)15(8-12(14)16)7-10-4-3-5-11(13)6-10/h3-6,9H,7-8,13H2,1-2H3,(H2,14,16). The summed E-state index contributed by atoms with van der Waals surface area (Å²) in [6, 6.07) is 6.86. The van der Waals surface area contributed by atoms with Crippen LogP contribution < -0.4 is 11.5 Å². The molecule has 0 aliphatic heterocycles. The number of sulfonamides is 1. The average Bonchev–Trinajstić information content (AvgIpc) is 2.27. The lowest BCUT2D eigenvalue weighted by molar-refractivity contribution is -0.118. The van der Waals surface area contributed by atoms with E-state index in [2.05, 4.69) is 0 Å². The molecule has 0 atom stereocenters. The van der Waals surface area contributed by atoms with Crippen LogP contribution in [0.3, 0.4) is 0 Å². The smallest absolute Gasteiger partial charge is 0.232 e. The van der Waals surface area contributed by atoms with E-state index in [0.717, 1.165) is 4.31 Å². The third kappa shape index (κ3) is 4.22. The van der Waals surface area contributed by atoms with E-state index < -0.39 is 21.2 Å². The van der Waals surface area contributed by atoms with Crippen LogP contribution in [0.5, 0.6) is 0 Å². The lowest BCUT2D eigenvalue weighted by Gasteiger charge is -2.23. The monoisotopic (exact) mass is 285 g/mol. The first-order chi connectivity index (χ1) is 8.73. The minimum atomic E-state index is -3.55. The molecular formula is C12H19N3O3S. The third-order valence-corrected chi connectivity index (χ3v) is 4.77. The van der Waals surface area contributed by atoms with E-state index in [9.17, 15) is 13.2 Å². The molecule has 6 nitrogen and oxygen atoms in total. The number of nitrogens with two attached hydrogens (primary N) is 2. The van der Waals surface area contributed by atoms with Crippen LogP contribution in [0.15, 0.2) is 24.3 Å². The molecule has 0 unspecified atom stereocenters. The summed E-state index contributed by atoms with van der Waals surface area (Å²) in [5, 5.41) is -0.618. The number of carbonyl (C=O) groups is 1. The highest BCUT2D eigenvalue weighted by molar-refractivity contribution is 7.89. The predicted molar refractivity (Wildman–Crippen MR) is 74.5 cm³/mol. The van der Waals surface area contributed by atoms with Gasteiger partial charge in [0.2, 0.25) is 15.9 Å². The van der Waals surface area contributed by atoms with Crippen LogP contribution >= 0.6 is 0 Å². The van der Waals surface area contributed by atoms with E-state index >= 15 is 0 Å². The number of benzene rings is 1. The van der Waals surface area contributed by atoms with Crippen molar-refractivity contribution in [1.82, 2.24) is 4.31 Å². The van der Waals surface area contributed by atoms with Crippen molar-refractivity contribution < 1.29 is 13.2 Å². The highest BCUT2D eigenvalue weighted by Gasteiger charge is 2.27. The number of rotatable bonds is 6. The number of hydrogen-bond donors (Lipinski definition) is 2. The molecule has 106 valence electrons. The van der Waals surface area contributed by atoms with Crippen molar-refractivity contribution >= 4 is 21.6 Å². The molecule has 0 heterocycles. The Labute approximate surface area is 113 Å². The summed E-state index contributed by atoms with van der Waals surface area (Å²) in [6.45, 7) is 2.86. The summed E-state index contributed by atoms with van der Waals surface area (Å²) in [4.78, 5) is 11.0. The topological polar surface area (TPSA) is 106 Å². The summed E-state index contributed by atoms with van der Waals surface area (Å²) in [6.07, 6.45) is 0. The van der Waals surface area contributed by atoms with Gasteiger partial charge in [0.1, 0.15) is 0 Å². The Hall–Kier alpha value is -1.60. The van der Waals surface area contributed by atoms with E-state index in [0.29, 0.717) is 11.3 Å². The molecule has 1 aromatic rings. The van der Waals surface area contributed by atoms with Gasteiger partial charge < -0.3 is 11.5 Å². The second-order valence-electron chi connectivity index (χ2n) is 4.57. The van der Waals surface area contributed by atoms with Crippen LogP contribution in [0.4, 0.5) is 5.69 Å². The largest absolute Gasteiger partial charge is 0.399 e. The van der Waals surface area contributed by atoms with Crippen molar-refractivity contribution in [3.8, 4) is 0 Å². The van der Waals surface area contributed by atoms with E-state index in [1.165, 1.54) is 0 Å². The van der Waals surface area contributed by atoms with Crippen LogP contribution in [-0.4, -0.2) is 30.4 Å². The van der Waals surface area contributed by atoms with Crippen molar-refractivity contribution in [3.05, 3.63) is 29.8 Å². The maximum atomic E-state index is 12.1. The molecule has 4 N–H and O–H groups in total. The summed E-state index contributed by atoms with van der Waals surface area (Å²) in [5.41, 5.74) is 12.0. The summed E-state index contributed by atoms with van der Waals surface area (Å²) in [5.74, 6) is -0.687. The molecule has 0 aliphatic rings. The number of nitrogen functional groups attached to an aromatic ring is 1.